The van der Waals surface area contributed by atoms with Gasteiger partial charge in [0.15, 0.2) is 5.43 Å². The van der Waals surface area contributed by atoms with Gasteiger partial charge in [0.2, 0.25) is 0 Å². The molecule has 0 saturated carbocycles. The molecule has 0 saturated heterocycles. The largest absolute Gasteiger partial charge is 0.508 e. The van der Waals surface area contributed by atoms with Crippen molar-refractivity contribution in [2.45, 2.75) is 6.92 Å². The van der Waals surface area contributed by atoms with Crippen LogP contribution in [0.25, 0.3) is 22.3 Å². The third-order valence-corrected chi connectivity index (χ3v) is 4.59. The van der Waals surface area contributed by atoms with Gasteiger partial charge in [0.1, 0.15) is 22.8 Å². The maximum atomic E-state index is 12.5. The van der Waals surface area contributed by atoms with Crippen LogP contribution in [0.1, 0.15) is 5.56 Å². The summed E-state index contributed by atoms with van der Waals surface area (Å²) in [5.41, 5.74) is 1.28. The Balaban J connectivity index is 2.35. The van der Waals surface area contributed by atoms with Crippen LogP contribution in [0.5, 0.6) is 11.5 Å². The van der Waals surface area contributed by atoms with E-state index < -0.39 is 0 Å². The fraction of sp³-hybridized carbons (Fsp3) is 0.0625. The van der Waals surface area contributed by atoms with Crippen LogP contribution >= 0.6 is 31.9 Å². The monoisotopic (exact) mass is 424 g/mol. The first-order valence-electron chi connectivity index (χ1n) is 6.33. The summed E-state index contributed by atoms with van der Waals surface area (Å²) in [7, 11) is 0. The van der Waals surface area contributed by atoms with Crippen molar-refractivity contribution in [1.29, 1.82) is 0 Å². The lowest BCUT2D eigenvalue weighted by Gasteiger charge is -2.09. The van der Waals surface area contributed by atoms with Crippen molar-refractivity contribution in [3.8, 4) is 22.8 Å². The van der Waals surface area contributed by atoms with Gasteiger partial charge in [0.05, 0.1) is 14.3 Å². The number of fused-ring (bicyclic) bond motifs is 1. The molecule has 1 heterocycles. The van der Waals surface area contributed by atoms with Crippen LogP contribution < -0.4 is 5.43 Å². The summed E-state index contributed by atoms with van der Waals surface area (Å²) in [4.78, 5) is 12.5. The summed E-state index contributed by atoms with van der Waals surface area (Å²) in [6.07, 6.45) is 0. The average molecular weight is 426 g/mol. The van der Waals surface area contributed by atoms with Gasteiger partial charge in [0, 0.05) is 11.1 Å². The lowest BCUT2D eigenvalue weighted by molar-refractivity contribution is 0.468. The number of hydrogen-bond donors (Lipinski definition) is 2. The third-order valence-electron chi connectivity index (χ3n) is 3.38. The highest BCUT2D eigenvalue weighted by Crippen LogP contribution is 2.38. The Bertz CT molecular complexity index is 937. The summed E-state index contributed by atoms with van der Waals surface area (Å²) in [6.45, 7) is 1.67. The quantitative estimate of drug-likeness (QED) is 0.592. The molecule has 0 amide bonds. The average Bonchev–Trinajstić information content (AvgIpc) is 2.48. The molecule has 0 radical (unpaired) electrons. The minimum absolute atomic E-state index is 0.0158. The van der Waals surface area contributed by atoms with Crippen molar-refractivity contribution in [2.24, 2.45) is 0 Å². The molecule has 0 fully saturated rings. The lowest BCUT2D eigenvalue weighted by atomic mass is 10.1. The highest BCUT2D eigenvalue weighted by Gasteiger charge is 2.15. The van der Waals surface area contributed by atoms with E-state index in [1.165, 1.54) is 12.1 Å². The first-order chi connectivity index (χ1) is 10.4. The van der Waals surface area contributed by atoms with E-state index in [1.54, 1.807) is 25.1 Å². The van der Waals surface area contributed by atoms with Gasteiger partial charge in [-0.25, -0.2) is 0 Å². The van der Waals surface area contributed by atoms with Gasteiger partial charge in [0.25, 0.3) is 0 Å². The van der Waals surface area contributed by atoms with Crippen LogP contribution in [0.2, 0.25) is 0 Å². The Morgan fingerprint density at radius 2 is 1.68 bits per heavy atom. The first-order valence-corrected chi connectivity index (χ1v) is 7.92. The zero-order chi connectivity index (χ0) is 16.0. The minimum Gasteiger partial charge on any atom is -0.508 e. The zero-order valence-electron chi connectivity index (χ0n) is 11.4. The molecule has 0 atom stereocenters. The number of phenols is 2. The second-order valence-corrected chi connectivity index (χ2v) is 6.56. The van der Waals surface area contributed by atoms with Crippen LogP contribution in [0, 0.1) is 6.92 Å². The molecular formula is C16H10Br2O4. The molecule has 0 aliphatic rings. The van der Waals surface area contributed by atoms with Crippen molar-refractivity contribution in [3.05, 3.63) is 55.1 Å². The minimum atomic E-state index is -0.201. The number of benzene rings is 2. The second-order valence-electron chi connectivity index (χ2n) is 4.85. The van der Waals surface area contributed by atoms with Crippen LogP contribution in [-0.4, -0.2) is 10.2 Å². The summed E-state index contributed by atoms with van der Waals surface area (Å²) >= 11 is 6.53. The number of halogens is 2. The number of phenolic OH excluding ortho intramolecular Hbond substituents is 2. The molecule has 1 aromatic heterocycles. The molecule has 0 aliphatic carbocycles. The van der Waals surface area contributed by atoms with Crippen molar-refractivity contribution in [3.63, 3.8) is 0 Å². The SMILES string of the molecule is Cc1c(-c2cc(Br)c(O)c(Br)c2)oc2ccc(O)cc2c1=O. The van der Waals surface area contributed by atoms with Gasteiger partial charge in [-0.1, -0.05) is 0 Å². The Morgan fingerprint density at radius 1 is 1.05 bits per heavy atom. The van der Waals surface area contributed by atoms with Crippen LogP contribution in [-0.2, 0) is 0 Å². The maximum absolute atomic E-state index is 12.5. The third kappa shape index (κ3) is 2.42. The summed E-state index contributed by atoms with van der Waals surface area (Å²) < 4.78 is 6.81. The summed E-state index contributed by atoms with van der Waals surface area (Å²) in [5, 5.41) is 19.6. The Morgan fingerprint density at radius 3 is 2.32 bits per heavy atom. The van der Waals surface area contributed by atoms with E-state index in [0.29, 0.717) is 36.8 Å². The van der Waals surface area contributed by atoms with Gasteiger partial charge in [-0.3, -0.25) is 4.79 Å². The Kier molecular flexibility index (Phi) is 3.74. The molecule has 4 nitrogen and oxygen atoms in total. The van der Waals surface area contributed by atoms with Crippen molar-refractivity contribution >= 4 is 42.8 Å². The molecular weight excluding hydrogens is 416 g/mol. The second kappa shape index (κ2) is 5.44. The van der Waals surface area contributed by atoms with E-state index in [9.17, 15) is 15.0 Å². The number of aromatic hydroxyl groups is 2. The van der Waals surface area contributed by atoms with Gasteiger partial charge >= 0.3 is 0 Å². The van der Waals surface area contributed by atoms with Crippen LogP contribution in [0.15, 0.2) is 48.5 Å². The zero-order valence-corrected chi connectivity index (χ0v) is 14.5. The van der Waals surface area contributed by atoms with Crippen molar-refractivity contribution < 1.29 is 14.6 Å². The van der Waals surface area contributed by atoms with E-state index in [4.69, 9.17) is 4.42 Å². The predicted octanol–water partition coefficient (Wildman–Crippen LogP) is 4.70. The van der Waals surface area contributed by atoms with Crippen LogP contribution in [0.3, 0.4) is 0 Å². The fourth-order valence-corrected chi connectivity index (χ4v) is 3.43. The van der Waals surface area contributed by atoms with Gasteiger partial charge in [-0.15, -0.1) is 0 Å². The van der Waals surface area contributed by atoms with E-state index in [0.717, 1.165) is 0 Å². The van der Waals surface area contributed by atoms with Gasteiger partial charge < -0.3 is 14.6 Å². The topological polar surface area (TPSA) is 70.7 Å². The maximum Gasteiger partial charge on any atom is 0.196 e. The number of hydrogen-bond acceptors (Lipinski definition) is 4. The standard InChI is InChI=1S/C16H10Br2O4/c1-7-14(20)10-6-9(19)2-3-13(10)22-16(7)8-4-11(17)15(21)12(18)5-8/h2-6,19,21H,1H3. The predicted molar refractivity (Wildman–Crippen MR) is 91.4 cm³/mol. The molecule has 3 rings (SSSR count). The van der Waals surface area contributed by atoms with Crippen molar-refractivity contribution in [1.82, 2.24) is 0 Å². The molecule has 3 aromatic rings. The van der Waals surface area contributed by atoms with E-state index in [-0.39, 0.29) is 16.9 Å². The summed E-state index contributed by atoms with van der Waals surface area (Å²) in [5.74, 6) is 0.515. The van der Waals surface area contributed by atoms with Gasteiger partial charge in [-0.05, 0) is 69.1 Å². The number of rotatable bonds is 1. The van der Waals surface area contributed by atoms with Gasteiger partial charge in [-0.2, -0.15) is 0 Å². The highest BCUT2D eigenvalue weighted by atomic mass is 79.9. The Hall–Kier alpha value is -1.79. The first kappa shape index (κ1) is 15.1. The highest BCUT2D eigenvalue weighted by molar-refractivity contribution is 9.11. The molecule has 112 valence electrons. The molecule has 22 heavy (non-hydrogen) atoms. The lowest BCUT2D eigenvalue weighted by Crippen LogP contribution is -2.07. The molecule has 2 aromatic carbocycles. The van der Waals surface area contributed by atoms with Crippen LogP contribution in [0.4, 0.5) is 0 Å². The molecule has 0 bridgehead atoms. The molecule has 2 N–H and O–H groups in total. The van der Waals surface area contributed by atoms with E-state index in [1.807, 2.05) is 0 Å². The molecule has 6 heteroatoms. The van der Waals surface area contributed by atoms with E-state index in [2.05, 4.69) is 31.9 Å². The fourth-order valence-electron chi connectivity index (χ4n) is 2.25. The smallest absolute Gasteiger partial charge is 0.196 e. The Labute approximate surface area is 142 Å². The molecule has 0 unspecified atom stereocenters. The molecule has 0 spiro atoms. The normalized spacial score (nSPS) is 11.0. The van der Waals surface area contributed by atoms with E-state index >= 15 is 0 Å². The van der Waals surface area contributed by atoms with Crippen molar-refractivity contribution in [2.75, 3.05) is 0 Å². The summed E-state index contributed by atoms with van der Waals surface area (Å²) in [6, 6.07) is 7.77. The molecule has 0 aliphatic heterocycles.